The van der Waals surface area contributed by atoms with Gasteiger partial charge in [-0.2, -0.15) is 13.2 Å². The lowest BCUT2D eigenvalue weighted by Gasteiger charge is -2.19. The van der Waals surface area contributed by atoms with Crippen LogP contribution >= 0.6 is 0 Å². The van der Waals surface area contributed by atoms with Crippen LogP contribution in [0.3, 0.4) is 0 Å². The molecule has 3 rings (SSSR count). The molecule has 5 nitrogen and oxygen atoms in total. The minimum atomic E-state index is -4.46. The first kappa shape index (κ1) is 25.1. The summed E-state index contributed by atoms with van der Waals surface area (Å²) in [6.07, 6.45) is -0.691. The molecular formula is C26H26F3NO4. The van der Waals surface area contributed by atoms with Gasteiger partial charge in [0.05, 0.1) is 18.3 Å². The summed E-state index contributed by atoms with van der Waals surface area (Å²) in [7, 11) is 0. The van der Waals surface area contributed by atoms with Crippen LogP contribution < -0.4 is 9.47 Å². The van der Waals surface area contributed by atoms with Crippen molar-refractivity contribution in [2.75, 3.05) is 6.61 Å². The molecule has 0 aliphatic heterocycles. The van der Waals surface area contributed by atoms with Crippen molar-refractivity contribution < 1.29 is 32.5 Å². The van der Waals surface area contributed by atoms with Crippen LogP contribution in [0.5, 0.6) is 11.5 Å². The lowest BCUT2D eigenvalue weighted by molar-refractivity contribution is -0.138. The number of ether oxygens (including phenoxy) is 2. The fraction of sp³-hybridized carbons (Fsp3) is 0.308. The van der Waals surface area contributed by atoms with Crippen LogP contribution in [0, 0.1) is 6.92 Å². The molecule has 1 unspecified atom stereocenters. The van der Waals surface area contributed by atoms with Gasteiger partial charge in [0.2, 0.25) is 0 Å². The Morgan fingerprint density at radius 2 is 1.82 bits per heavy atom. The molecule has 0 fully saturated rings. The number of nitrogens with zero attached hydrogens (tertiary/aromatic N) is 1. The van der Waals surface area contributed by atoms with Crippen molar-refractivity contribution in [2.45, 2.75) is 45.4 Å². The van der Waals surface area contributed by atoms with Gasteiger partial charge in [-0.05, 0) is 79.4 Å². The van der Waals surface area contributed by atoms with Gasteiger partial charge in [-0.15, -0.1) is 0 Å². The number of hydrogen-bond donors (Lipinski definition) is 1. The van der Waals surface area contributed by atoms with Crippen LogP contribution in [-0.4, -0.2) is 28.8 Å². The number of aromatic nitrogens is 1. The van der Waals surface area contributed by atoms with Gasteiger partial charge < -0.3 is 14.6 Å². The Morgan fingerprint density at radius 1 is 1.09 bits per heavy atom. The van der Waals surface area contributed by atoms with Gasteiger partial charge >= 0.3 is 12.1 Å². The Balaban J connectivity index is 1.63. The number of aryl methyl sites for hydroxylation is 2. The summed E-state index contributed by atoms with van der Waals surface area (Å²) in [5.41, 5.74) is 2.09. The van der Waals surface area contributed by atoms with E-state index in [-0.39, 0.29) is 12.5 Å². The standard InChI is InChI=1S/C26H26F3NO4/c1-17-15-22(6-3-19(17)4-8-25(31)32)33-14-11-18(2)34-24-7-5-21(26(27,28)29)16-23(24)20-9-12-30-13-10-20/h3,5-7,9-10,12-13,15-16,18H,4,8,11,14H2,1-2H3,(H,31,32). The lowest BCUT2D eigenvalue weighted by atomic mass is 10.0. The predicted octanol–water partition coefficient (Wildman–Crippen LogP) is 6.33. The number of aliphatic carboxylic acids is 1. The number of hydrogen-bond acceptors (Lipinski definition) is 4. The predicted molar refractivity (Wildman–Crippen MR) is 122 cm³/mol. The highest BCUT2D eigenvalue weighted by atomic mass is 19.4. The van der Waals surface area contributed by atoms with E-state index < -0.39 is 17.7 Å². The highest BCUT2D eigenvalue weighted by Gasteiger charge is 2.31. The molecule has 8 heteroatoms. The van der Waals surface area contributed by atoms with Gasteiger partial charge in [-0.25, -0.2) is 0 Å². The largest absolute Gasteiger partial charge is 0.493 e. The molecule has 0 amide bonds. The molecule has 0 radical (unpaired) electrons. The number of carbonyl (C=O) groups is 1. The lowest BCUT2D eigenvalue weighted by Crippen LogP contribution is -2.16. The van der Waals surface area contributed by atoms with E-state index in [0.29, 0.717) is 42.1 Å². The zero-order chi connectivity index (χ0) is 24.7. The van der Waals surface area contributed by atoms with Crippen LogP contribution in [0.25, 0.3) is 11.1 Å². The van der Waals surface area contributed by atoms with Crippen LogP contribution in [0.4, 0.5) is 13.2 Å². The van der Waals surface area contributed by atoms with Gasteiger partial charge in [-0.1, -0.05) is 6.07 Å². The Labute approximate surface area is 196 Å². The van der Waals surface area contributed by atoms with Crippen molar-refractivity contribution in [3.8, 4) is 22.6 Å². The Kier molecular flexibility index (Phi) is 8.15. The van der Waals surface area contributed by atoms with E-state index in [9.17, 15) is 18.0 Å². The van der Waals surface area contributed by atoms with E-state index in [2.05, 4.69) is 4.98 Å². The van der Waals surface area contributed by atoms with Crippen molar-refractivity contribution in [3.05, 3.63) is 77.6 Å². The van der Waals surface area contributed by atoms with Crippen LogP contribution in [0.2, 0.25) is 0 Å². The maximum Gasteiger partial charge on any atom is 0.416 e. The Morgan fingerprint density at radius 3 is 2.47 bits per heavy atom. The van der Waals surface area contributed by atoms with Crippen LogP contribution in [0.1, 0.15) is 36.5 Å². The van der Waals surface area contributed by atoms with Crippen LogP contribution in [0.15, 0.2) is 60.9 Å². The molecule has 0 bridgehead atoms. The first-order valence-electron chi connectivity index (χ1n) is 10.9. The summed E-state index contributed by atoms with van der Waals surface area (Å²) in [6, 6.07) is 12.2. The number of pyridine rings is 1. The summed E-state index contributed by atoms with van der Waals surface area (Å²) in [4.78, 5) is 14.7. The molecule has 0 aliphatic carbocycles. The maximum absolute atomic E-state index is 13.2. The number of rotatable bonds is 10. The van der Waals surface area contributed by atoms with E-state index in [4.69, 9.17) is 14.6 Å². The third kappa shape index (κ3) is 6.97. The monoisotopic (exact) mass is 473 g/mol. The number of carboxylic acid groups (broad SMARTS) is 1. The molecule has 1 heterocycles. The van der Waals surface area contributed by atoms with Gasteiger partial charge in [0.25, 0.3) is 0 Å². The first-order valence-corrected chi connectivity index (χ1v) is 10.9. The van der Waals surface area contributed by atoms with E-state index in [0.717, 1.165) is 23.3 Å². The number of benzene rings is 2. The molecule has 0 spiro atoms. The van der Waals surface area contributed by atoms with Crippen molar-refractivity contribution in [3.63, 3.8) is 0 Å². The molecule has 0 aliphatic rings. The first-order chi connectivity index (χ1) is 16.1. The molecule has 1 atom stereocenters. The average molecular weight is 473 g/mol. The SMILES string of the molecule is Cc1cc(OCCC(C)Oc2ccc(C(F)(F)F)cc2-c2ccncc2)ccc1CCC(=O)O. The molecule has 3 aromatic rings. The van der Waals surface area contributed by atoms with E-state index in [1.54, 1.807) is 18.2 Å². The van der Waals surface area contributed by atoms with Gasteiger partial charge in [0, 0.05) is 30.8 Å². The van der Waals surface area contributed by atoms with E-state index in [1.165, 1.54) is 18.5 Å². The fourth-order valence-electron chi connectivity index (χ4n) is 3.46. The second kappa shape index (κ2) is 11.0. The van der Waals surface area contributed by atoms with Gasteiger partial charge in [0.1, 0.15) is 11.5 Å². The topological polar surface area (TPSA) is 68.7 Å². The smallest absolute Gasteiger partial charge is 0.416 e. The minimum absolute atomic E-state index is 0.0708. The molecule has 0 saturated heterocycles. The van der Waals surface area contributed by atoms with E-state index in [1.807, 2.05) is 26.0 Å². The molecule has 34 heavy (non-hydrogen) atoms. The Bertz CT molecular complexity index is 1120. The quantitative estimate of drug-likeness (QED) is 0.373. The maximum atomic E-state index is 13.2. The zero-order valence-corrected chi connectivity index (χ0v) is 18.9. The average Bonchev–Trinajstić information content (AvgIpc) is 2.78. The summed E-state index contributed by atoms with van der Waals surface area (Å²) in [5.74, 6) is 0.176. The van der Waals surface area contributed by atoms with Crippen molar-refractivity contribution in [1.82, 2.24) is 4.98 Å². The third-order valence-electron chi connectivity index (χ3n) is 5.34. The summed E-state index contributed by atoms with van der Waals surface area (Å²) in [5, 5.41) is 8.84. The highest BCUT2D eigenvalue weighted by Crippen LogP contribution is 2.37. The van der Waals surface area contributed by atoms with Gasteiger partial charge in [0.15, 0.2) is 0 Å². The van der Waals surface area contributed by atoms with Crippen LogP contribution in [-0.2, 0) is 17.4 Å². The molecule has 0 saturated carbocycles. The summed E-state index contributed by atoms with van der Waals surface area (Å²) >= 11 is 0. The third-order valence-corrected chi connectivity index (χ3v) is 5.34. The van der Waals surface area contributed by atoms with Crippen molar-refractivity contribution in [2.24, 2.45) is 0 Å². The minimum Gasteiger partial charge on any atom is -0.493 e. The molecular weight excluding hydrogens is 447 g/mol. The molecule has 1 aromatic heterocycles. The number of halogens is 3. The van der Waals surface area contributed by atoms with Gasteiger partial charge in [-0.3, -0.25) is 9.78 Å². The van der Waals surface area contributed by atoms with Crippen molar-refractivity contribution >= 4 is 5.97 Å². The normalized spacial score (nSPS) is 12.3. The number of alkyl halides is 3. The second-order valence-corrected chi connectivity index (χ2v) is 7.99. The summed E-state index contributed by atoms with van der Waals surface area (Å²) < 4.78 is 51.5. The zero-order valence-electron chi connectivity index (χ0n) is 18.9. The molecule has 2 aromatic carbocycles. The molecule has 180 valence electrons. The van der Waals surface area contributed by atoms with E-state index >= 15 is 0 Å². The Hall–Kier alpha value is -3.55. The number of carboxylic acids is 1. The van der Waals surface area contributed by atoms with Crippen molar-refractivity contribution in [1.29, 1.82) is 0 Å². The summed E-state index contributed by atoms with van der Waals surface area (Å²) in [6.45, 7) is 4.08. The highest BCUT2D eigenvalue weighted by molar-refractivity contribution is 5.71. The molecule has 1 N–H and O–H groups in total. The fourth-order valence-corrected chi connectivity index (χ4v) is 3.46. The second-order valence-electron chi connectivity index (χ2n) is 7.99.